The number of carbonyl (C=O) groups is 2. The van der Waals surface area contributed by atoms with Gasteiger partial charge in [0, 0.05) is 12.7 Å². The molecule has 0 aliphatic carbocycles. The lowest BCUT2D eigenvalue weighted by Crippen LogP contribution is -2.31. The molecule has 0 bridgehead atoms. The van der Waals surface area contributed by atoms with E-state index >= 15 is 0 Å². The highest BCUT2D eigenvalue weighted by Gasteiger charge is 2.33. The summed E-state index contributed by atoms with van der Waals surface area (Å²) < 4.78 is 7.59. The van der Waals surface area contributed by atoms with Crippen molar-refractivity contribution in [1.82, 2.24) is 9.88 Å². The van der Waals surface area contributed by atoms with Crippen LogP contribution in [0.1, 0.15) is 18.5 Å². The second kappa shape index (κ2) is 7.53. The fraction of sp³-hybridized carbons (Fsp3) is 0.316. The van der Waals surface area contributed by atoms with E-state index in [9.17, 15) is 9.59 Å². The first-order valence-electron chi connectivity index (χ1n) is 8.60. The van der Waals surface area contributed by atoms with Gasteiger partial charge in [-0.05, 0) is 48.4 Å². The van der Waals surface area contributed by atoms with Crippen LogP contribution in [0.5, 0.6) is 5.75 Å². The number of nitrogen functional groups attached to an aromatic ring is 1. The number of nitrogens with one attached hydrogen (secondary N) is 2. The summed E-state index contributed by atoms with van der Waals surface area (Å²) in [5, 5.41) is 19.2. The summed E-state index contributed by atoms with van der Waals surface area (Å²) in [6, 6.07) is 11.0. The van der Waals surface area contributed by atoms with E-state index in [4.69, 9.17) is 21.0 Å². The van der Waals surface area contributed by atoms with Crippen LogP contribution in [0.2, 0.25) is 0 Å². The zero-order chi connectivity index (χ0) is 19.6. The smallest absolute Gasteiger partial charge is 0.304 e. The van der Waals surface area contributed by atoms with Gasteiger partial charge in [0.05, 0.1) is 24.1 Å². The second-order valence-electron chi connectivity index (χ2n) is 6.65. The van der Waals surface area contributed by atoms with Gasteiger partial charge in [0.1, 0.15) is 18.2 Å². The average molecular weight is 370 g/mol. The normalized spacial score (nSPS) is 18.9. The Morgan fingerprint density at radius 2 is 2.04 bits per heavy atom. The monoisotopic (exact) mass is 370 g/mol. The molecule has 1 aliphatic rings. The molecule has 0 unspecified atom stereocenters. The second-order valence-corrected chi connectivity index (χ2v) is 6.65. The SMILES string of the molecule is Cn1c(C(=N)N)ccc1-c1ccc(OC[C@@H]2C[C@@H](CC(=O)O)C(=O)N2)cc1. The van der Waals surface area contributed by atoms with Crippen molar-refractivity contribution in [3.8, 4) is 17.0 Å². The van der Waals surface area contributed by atoms with Gasteiger partial charge in [-0.25, -0.2) is 0 Å². The molecule has 2 aromatic rings. The molecule has 1 saturated heterocycles. The maximum absolute atomic E-state index is 11.8. The van der Waals surface area contributed by atoms with Crippen LogP contribution in [-0.4, -0.2) is 40.0 Å². The Morgan fingerprint density at radius 3 is 2.63 bits per heavy atom. The molecular formula is C19H22N4O4. The van der Waals surface area contributed by atoms with Crippen LogP contribution in [0, 0.1) is 11.3 Å². The molecule has 142 valence electrons. The van der Waals surface area contributed by atoms with Crippen molar-refractivity contribution in [2.75, 3.05) is 6.61 Å². The third-order valence-electron chi connectivity index (χ3n) is 4.71. The summed E-state index contributed by atoms with van der Waals surface area (Å²) in [6.45, 7) is 0.292. The van der Waals surface area contributed by atoms with E-state index < -0.39 is 11.9 Å². The topological polar surface area (TPSA) is 130 Å². The van der Waals surface area contributed by atoms with Crippen LogP contribution >= 0.6 is 0 Å². The minimum atomic E-state index is -0.971. The summed E-state index contributed by atoms with van der Waals surface area (Å²) in [7, 11) is 1.85. The van der Waals surface area contributed by atoms with Gasteiger partial charge in [-0.15, -0.1) is 0 Å². The predicted octanol–water partition coefficient (Wildman–Crippen LogP) is 1.33. The number of hydrogen-bond donors (Lipinski definition) is 4. The Kier molecular flexibility index (Phi) is 5.16. The van der Waals surface area contributed by atoms with E-state index in [1.54, 1.807) is 6.07 Å². The van der Waals surface area contributed by atoms with Crippen LogP contribution < -0.4 is 15.8 Å². The van der Waals surface area contributed by atoms with Gasteiger partial charge < -0.3 is 25.5 Å². The summed E-state index contributed by atoms with van der Waals surface area (Å²) in [6.07, 6.45) is 0.302. The number of nitrogens with zero attached hydrogens (tertiary/aromatic N) is 1. The molecule has 1 aliphatic heterocycles. The van der Waals surface area contributed by atoms with E-state index in [1.165, 1.54) is 0 Å². The Bertz CT molecular complexity index is 872. The number of aromatic nitrogens is 1. The quantitative estimate of drug-likeness (QED) is 0.431. The molecule has 1 amide bonds. The first-order valence-corrected chi connectivity index (χ1v) is 8.60. The Labute approximate surface area is 156 Å². The lowest BCUT2D eigenvalue weighted by molar-refractivity contribution is -0.140. The molecule has 1 fully saturated rings. The molecule has 5 N–H and O–H groups in total. The summed E-state index contributed by atoms with van der Waals surface area (Å²) in [4.78, 5) is 22.5. The molecular weight excluding hydrogens is 348 g/mol. The number of amidine groups is 1. The van der Waals surface area contributed by atoms with E-state index in [-0.39, 0.29) is 24.2 Å². The maximum Gasteiger partial charge on any atom is 0.304 e. The number of aliphatic carboxylic acids is 1. The number of carboxylic acid groups (broad SMARTS) is 1. The molecule has 3 rings (SSSR count). The number of hydrogen-bond acceptors (Lipinski definition) is 4. The first kappa shape index (κ1) is 18.5. The van der Waals surface area contributed by atoms with Gasteiger partial charge in [-0.2, -0.15) is 0 Å². The maximum atomic E-state index is 11.8. The molecule has 8 heteroatoms. The van der Waals surface area contributed by atoms with Crippen LogP contribution in [0.4, 0.5) is 0 Å². The lowest BCUT2D eigenvalue weighted by atomic mass is 10.0. The molecule has 2 heterocycles. The van der Waals surface area contributed by atoms with E-state index in [0.29, 0.717) is 24.5 Å². The molecule has 8 nitrogen and oxygen atoms in total. The third kappa shape index (κ3) is 4.11. The highest BCUT2D eigenvalue weighted by Crippen LogP contribution is 2.25. The number of nitrogens with two attached hydrogens (primary N) is 1. The zero-order valence-corrected chi connectivity index (χ0v) is 14.9. The van der Waals surface area contributed by atoms with Crippen LogP contribution in [0.3, 0.4) is 0 Å². The van der Waals surface area contributed by atoms with Crippen molar-refractivity contribution in [2.24, 2.45) is 18.7 Å². The molecule has 2 atom stereocenters. The summed E-state index contributed by atoms with van der Waals surface area (Å²) >= 11 is 0. The molecule has 27 heavy (non-hydrogen) atoms. The average Bonchev–Trinajstić information content (AvgIpc) is 3.16. The first-order chi connectivity index (χ1) is 12.8. The van der Waals surface area contributed by atoms with Crippen molar-refractivity contribution in [3.63, 3.8) is 0 Å². The van der Waals surface area contributed by atoms with Crippen LogP contribution in [0.15, 0.2) is 36.4 Å². The molecule has 0 spiro atoms. The molecule has 1 aromatic heterocycles. The zero-order valence-electron chi connectivity index (χ0n) is 14.9. The fourth-order valence-corrected chi connectivity index (χ4v) is 3.32. The Morgan fingerprint density at radius 1 is 1.33 bits per heavy atom. The van der Waals surface area contributed by atoms with Gasteiger partial charge >= 0.3 is 5.97 Å². The van der Waals surface area contributed by atoms with Crippen molar-refractivity contribution in [2.45, 2.75) is 18.9 Å². The van der Waals surface area contributed by atoms with Gasteiger partial charge in [0.15, 0.2) is 0 Å². The molecule has 1 aromatic carbocycles. The van der Waals surface area contributed by atoms with E-state index in [1.807, 2.05) is 41.9 Å². The fourth-order valence-electron chi connectivity index (χ4n) is 3.32. The van der Waals surface area contributed by atoms with Crippen molar-refractivity contribution >= 4 is 17.7 Å². The van der Waals surface area contributed by atoms with E-state index in [0.717, 1.165) is 11.3 Å². The standard InChI is InChI=1S/C19H22N4O4/c1-23-15(6-7-16(23)18(20)21)11-2-4-14(5-3-11)27-10-13-8-12(9-17(24)25)19(26)22-13/h2-7,12-13H,8-10H2,1H3,(H3,20,21)(H,22,26)(H,24,25)/t12-,13-/m0/s1. The minimum absolute atomic E-state index is 0.0171. The van der Waals surface area contributed by atoms with Crippen LogP contribution in [-0.2, 0) is 16.6 Å². The number of carboxylic acids is 1. The lowest BCUT2D eigenvalue weighted by Gasteiger charge is -2.13. The van der Waals surface area contributed by atoms with Gasteiger partial charge in [-0.3, -0.25) is 15.0 Å². The Hall–Kier alpha value is -3.29. The third-order valence-corrected chi connectivity index (χ3v) is 4.71. The van der Waals surface area contributed by atoms with Crippen LogP contribution in [0.25, 0.3) is 11.3 Å². The van der Waals surface area contributed by atoms with Crippen molar-refractivity contribution in [1.29, 1.82) is 5.41 Å². The minimum Gasteiger partial charge on any atom is -0.491 e. The van der Waals surface area contributed by atoms with Gasteiger partial charge in [-0.1, -0.05) is 0 Å². The Balaban J connectivity index is 1.60. The number of ether oxygens (including phenoxy) is 1. The van der Waals surface area contributed by atoms with E-state index in [2.05, 4.69) is 5.32 Å². The van der Waals surface area contributed by atoms with Crippen molar-refractivity contribution in [3.05, 3.63) is 42.1 Å². The highest BCUT2D eigenvalue weighted by molar-refractivity contribution is 5.94. The molecule has 0 saturated carbocycles. The van der Waals surface area contributed by atoms with Gasteiger partial charge in [0.25, 0.3) is 0 Å². The summed E-state index contributed by atoms with van der Waals surface area (Å²) in [5.74, 6) is -1.02. The predicted molar refractivity (Wildman–Crippen MR) is 99.7 cm³/mol. The largest absolute Gasteiger partial charge is 0.491 e. The number of rotatable bonds is 7. The molecule has 0 radical (unpaired) electrons. The summed E-state index contributed by atoms with van der Waals surface area (Å²) in [5.41, 5.74) is 8.11. The van der Waals surface area contributed by atoms with Crippen molar-refractivity contribution < 1.29 is 19.4 Å². The van der Waals surface area contributed by atoms with Gasteiger partial charge in [0.2, 0.25) is 5.91 Å². The number of amides is 1. The number of carbonyl (C=O) groups excluding carboxylic acids is 1. The number of benzene rings is 1. The highest BCUT2D eigenvalue weighted by atomic mass is 16.5.